The van der Waals surface area contributed by atoms with Gasteiger partial charge < -0.3 is 10.1 Å². The monoisotopic (exact) mass is 227 g/mol. The third-order valence-corrected chi connectivity index (χ3v) is 2.72. The van der Waals surface area contributed by atoms with Crippen LogP contribution in [-0.2, 0) is 9.53 Å². The average molecular weight is 227 g/mol. The van der Waals surface area contributed by atoms with Crippen LogP contribution in [0.1, 0.15) is 0 Å². The Morgan fingerprint density at radius 1 is 1.60 bits per heavy atom. The van der Waals surface area contributed by atoms with Gasteiger partial charge in [0.15, 0.2) is 5.16 Å². The van der Waals surface area contributed by atoms with Crippen LogP contribution >= 0.6 is 11.8 Å². The molecule has 0 aromatic carbocycles. The molecule has 0 aliphatic carbocycles. The van der Waals surface area contributed by atoms with Crippen molar-refractivity contribution in [3.63, 3.8) is 0 Å². The molecule has 1 aromatic rings. The molecule has 82 valence electrons. The fourth-order valence-electron chi connectivity index (χ4n) is 0.929. The van der Waals surface area contributed by atoms with Crippen LogP contribution in [0, 0.1) is 0 Å². The van der Waals surface area contributed by atoms with Gasteiger partial charge >= 0.3 is 5.97 Å². The second-order valence-electron chi connectivity index (χ2n) is 2.71. The Morgan fingerprint density at radius 2 is 2.27 bits per heavy atom. The van der Waals surface area contributed by atoms with Crippen molar-refractivity contribution in [2.24, 2.45) is 0 Å². The van der Waals surface area contributed by atoms with Crippen molar-refractivity contribution in [2.45, 2.75) is 11.2 Å². The van der Waals surface area contributed by atoms with E-state index < -0.39 is 0 Å². The van der Waals surface area contributed by atoms with Crippen molar-refractivity contribution >= 4 is 17.7 Å². The van der Waals surface area contributed by atoms with Crippen LogP contribution in [0.2, 0.25) is 0 Å². The summed E-state index contributed by atoms with van der Waals surface area (Å²) in [4.78, 5) is 19.3. The zero-order chi connectivity index (χ0) is 11.1. The molecule has 1 aromatic heterocycles. The van der Waals surface area contributed by atoms with Gasteiger partial charge in [0, 0.05) is 18.1 Å². The Balaban J connectivity index is 2.44. The van der Waals surface area contributed by atoms with Crippen molar-refractivity contribution in [3.8, 4) is 0 Å². The van der Waals surface area contributed by atoms with Crippen LogP contribution in [0.4, 0.5) is 0 Å². The van der Waals surface area contributed by atoms with Crippen molar-refractivity contribution in [1.29, 1.82) is 0 Å². The van der Waals surface area contributed by atoms with Gasteiger partial charge in [-0.2, -0.15) is 0 Å². The van der Waals surface area contributed by atoms with E-state index >= 15 is 0 Å². The highest BCUT2D eigenvalue weighted by atomic mass is 32.2. The lowest BCUT2D eigenvalue weighted by Gasteiger charge is -2.11. The summed E-state index contributed by atoms with van der Waals surface area (Å²) < 4.78 is 4.64. The summed E-state index contributed by atoms with van der Waals surface area (Å²) in [6.07, 6.45) is 3.34. The molecule has 6 heteroatoms. The summed E-state index contributed by atoms with van der Waals surface area (Å²) in [6, 6.07) is 1.42. The zero-order valence-electron chi connectivity index (χ0n) is 8.64. The minimum Gasteiger partial charge on any atom is -0.468 e. The van der Waals surface area contributed by atoms with E-state index in [-0.39, 0.29) is 12.0 Å². The standard InChI is InChI=1S/C9H13N3O2S/c1-10-7(8(13)14-2)6-15-9-11-4-3-5-12-9/h3-5,7,10H,6H2,1-2H3. The molecular weight excluding hydrogens is 214 g/mol. The molecule has 0 radical (unpaired) electrons. The molecular formula is C9H13N3O2S. The lowest BCUT2D eigenvalue weighted by molar-refractivity contribution is -0.142. The zero-order valence-corrected chi connectivity index (χ0v) is 9.45. The first-order chi connectivity index (χ1) is 7.27. The fourth-order valence-corrected chi connectivity index (χ4v) is 1.82. The highest BCUT2D eigenvalue weighted by Gasteiger charge is 2.17. The number of esters is 1. The summed E-state index contributed by atoms with van der Waals surface area (Å²) >= 11 is 1.41. The maximum absolute atomic E-state index is 11.2. The summed E-state index contributed by atoms with van der Waals surface area (Å²) in [7, 11) is 3.09. The molecule has 0 amide bonds. The van der Waals surface area contributed by atoms with E-state index in [1.807, 2.05) is 0 Å². The summed E-state index contributed by atoms with van der Waals surface area (Å²) in [5.74, 6) is 0.272. The Bertz CT molecular complexity index is 307. The summed E-state index contributed by atoms with van der Waals surface area (Å²) in [6.45, 7) is 0. The number of rotatable bonds is 5. The maximum atomic E-state index is 11.2. The number of carbonyl (C=O) groups is 1. The Kier molecular flexibility index (Phi) is 5.06. The maximum Gasteiger partial charge on any atom is 0.323 e. The molecule has 0 bridgehead atoms. The Morgan fingerprint density at radius 3 is 2.80 bits per heavy atom. The first-order valence-corrected chi connectivity index (χ1v) is 5.41. The molecule has 1 unspecified atom stereocenters. The van der Waals surface area contributed by atoms with Crippen LogP contribution in [0.5, 0.6) is 0 Å². The lowest BCUT2D eigenvalue weighted by Crippen LogP contribution is -2.37. The predicted molar refractivity (Wildman–Crippen MR) is 57.6 cm³/mol. The Hall–Kier alpha value is -1.14. The topological polar surface area (TPSA) is 64.1 Å². The molecule has 5 nitrogen and oxygen atoms in total. The van der Waals surface area contributed by atoms with Crippen LogP contribution in [0.3, 0.4) is 0 Å². The third kappa shape index (κ3) is 3.85. The number of ether oxygens (including phenoxy) is 1. The number of likely N-dealkylation sites (N-methyl/N-ethyl adjacent to an activating group) is 1. The Labute approximate surface area is 92.6 Å². The minimum atomic E-state index is -0.330. The fraction of sp³-hybridized carbons (Fsp3) is 0.444. The molecule has 15 heavy (non-hydrogen) atoms. The predicted octanol–water partition coefficient (Wildman–Crippen LogP) is 0.330. The van der Waals surface area contributed by atoms with Crippen molar-refractivity contribution in [2.75, 3.05) is 19.9 Å². The van der Waals surface area contributed by atoms with Gasteiger partial charge in [0.25, 0.3) is 0 Å². The van der Waals surface area contributed by atoms with Crippen LogP contribution in [-0.4, -0.2) is 41.9 Å². The van der Waals surface area contributed by atoms with E-state index in [9.17, 15) is 4.79 Å². The number of methoxy groups -OCH3 is 1. The number of aromatic nitrogens is 2. The van der Waals surface area contributed by atoms with E-state index in [1.54, 1.807) is 25.5 Å². The number of hydrogen-bond acceptors (Lipinski definition) is 6. The molecule has 0 aliphatic rings. The van der Waals surface area contributed by atoms with Gasteiger partial charge in [0.2, 0.25) is 0 Å². The number of nitrogens with zero attached hydrogens (tertiary/aromatic N) is 2. The van der Waals surface area contributed by atoms with E-state index in [0.717, 1.165) is 0 Å². The molecule has 0 fully saturated rings. The van der Waals surface area contributed by atoms with Gasteiger partial charge in [0.05, 0.1) is 7.11 Å². The quantitative estimate of drug-likeness (QED) is 0.444. The van der Waals surface area contributed by atoms with Crippen LogP contribution in [0.15, 0.2) is 23.6 Å². The second-order valence-corrected chi connectivity index (χ2v) is 3.69. The molecule has 0 aliphatic heterocycles. The van der Waals surface area contributed by atoms with Crippen molar-refractivity contribution < 1.29 is 9.53 Å². The minimum absolute atomic E-state index is 0.277. The molecule has 1 heterocycles. The van der Waals surface area contributed by atoms with E-state index in [0.29, 0.717) is 10.9 Å². The molecule has 1 atom stereocenters. The van der Waals surface area contributed by atoms with Crippen LogP contribution < -0.4 is 5.32 Å². The first-order valence-electron chi connectivity index (χ1n) is 4.43. The molecule has 0 spiro atoms. The van der Waals surface area contributed by atoms with Gasteiger partial charge in [-0.3, -0.25) is 4.79 Å². The molecule has 0 saturated carbocycles. The van der Waals surface area contributed by atoms with E-state index in [1.165, 1.54) is 18.9 Å². The van der Waals surface area contributed by atoms with Gasteiger partial charge in [0.1, 0.15) is 6.04 Å². The summed E-state index contributed by atoms with van der Waals surface area (Å²) in [5, 5.41) is 3.53. The molecule has 0 saturated heterocycles. The van der Waals surface area contributed by atoms with Gasteiger partial charge in [-0.1, -0.05) is 11.8 Å². The number of nitrogens with one attached hydrogen (secondary N) is 1. The molecule has 1 rings (SSSR count). The first kappa shape index (κ1) is 11.9. The number of hydrogen-bond donors (Lipinski definition) is 1. The van der Waals surface area contributed by atoms with Gasteiger partial charge in [-0.15, -0.1) is 0 Å². The van der Waals surface area contributed by atoms with E-state index in [2.05, 4.69) is 20.0 Å². The normalized spacial score (nSPS) is 12.1. The highest BCUT2D eigenvalue weighted by Crippen LogP contribution is 2.12. The van der Waals surface area contributed by atoms with Gasteiger partial charge in [-0.05, 0) is 13.1 Å². The SMILES string of the molecule is CNC(CSc1ncccn1)C(=O)OC. The van der Waals surface area contributed by atoms with Crippen molar-refractivity contribution in [3.05, 3.63) is 18.5 Å². The largest absolute Gasteiger partial charge is 0.468 e. The highest BCUT2D eigenvalue weighted by molar-refractivity contribution is 7.99. The van der Waals surface area contributed by atoms with E-state index in [4.69, 9.17) is 0 Å². The van der Waals surface area contributed by atoms with Crippen molar-refractivity contribution in [1.82, 2.24) is 15.3 Å². The van der Waals surface area contributed by atoms with Gasteiger partial charge in [-0.25, -0.2) is 9.97 Å². The number of thioether (sulfide) groups is 1. The summed E-state index contributed by atoms with van der Waals surface area (Å²) in [5.41, 5.74) is 0. The van der Waals surface area contributed by atoms with Crippen LogP contribution in [0.25, 0.3) is 0 Å². The molecule has 1 N–H and O–H groups in total. The lowest BCUT2D eigenvalue weighted by atomic mass is 10.3. The second kappa shape index (κ2) is 6.36. The smallest absolute Gasteiger partial charge is 0.323 e. The third-order valence-electron chi connectivity index (χ3n) is 1.76. The average Bonchev–Trinajstić information content (AvgIpc) is 2.31. The number of carbonyl (C=O) groups excluding carboxylic acids is 1.